The van der Waals surface area contributed by atoms with Crippen LogP contribution in [-0.4, -0.2) is 90.5 Å². The molecule has 0 radical (unpaired) electrons. The second-order valence-corrected chi connectivity index (χ2v) is 15.6. The van der Waals surface area contributed by atoms with E-state index >= 15 is 0 Å². The molecule has 3 unspecified atom stereocenters. The Balaban J connectivity index is 0.00000290. The molecule has 58 heavy (non-hydrogen) atoms. The first-order chi connectivity index (χ1) is 26.2. The van der Waals surface area contributed by atoms with Crippen LogP contribution < -0.4 is 20.7 Å². The molecule has 0 aromatic heterocycles. The summed E-state index contributed by atoms with van der Waals surface area (Å²) in [6, 6.07) is 24.2. The number of nitrogens with one attached hydrogen (secondary N) is 3. The van der Waals surface area contributed by atoms with E-state index in [0.717, 1.165) is 86.3 Å². The number of benzene rings is 3. The van der Waals surface area contributed by atoms with Gasteiger partial charge in [0.2, 0.25) is 0 Å². The fraction of sp³-hybridized carbons (Fsp3) is 0.512. The molecule has 0 saturated carbocycles. The van der Waals surface area contributed by atoms with Gasteiger partial charge >= 0.3 is 17.9 Å². The van der Waals surface area contributed by atoms with Gasteiger partial charge in [0.1, 0.15) is 12.4 Å². The van der Waals surface area contributed by atoms with E-state index in [1.54, 1.807) is 0 Å². The smallest absolute Gasteiger partial charge is 0.307 e. The predicted octanol–water partition coefficient (Wildman–Crippen LogP) is 6.01. The minimum Gasteiger partial charge on any atom is -0.492 e. The first-order valence-electron chi connectivity index (χ1n) is 19.6. The van der Waals surface area contributed by atoms with Crippen molar-refractivity contribution in [2.24, 2.45) is 35.5 Å². The number of hydrogen-bond donors (Lipinski definition) is 6. The van der Waals surface area contributed by atoms with Gasteiger partial charge in [0.15, 0.2) is 0 Å². The summed E-state index contributed by atoms with van der Waals surface area (Å²) in [5.74, 6) is -2.53. The lowest BCUT2D eigenvalue weighted by molar-refractivity contribution is -0.144. The number of ether oxygens (including phenoxy) is 1. The van der Waals surface area contributed by atoms with Crippen LogP contribution in [0.15, 0.2) is 72.8 Å². The van der Waals surface area contributed by atoms with Gasteiger partial charge in [0.05, 0.1) is 17.8 Å². The van der Waals surface area contributed by atoms with Crippen molar-refractivity contribution in [3.63, 3.8) is 0 Å². The Morgan fingerprint density at radius 3 is 1.29 bits per heavy atom. The first kappa shape index (κ1) is 51.0. The normalized spacial score (nSPS) is 20.1. The van der Waals surface area contributed by atoms with E-state index in [1.165, 1.54) is 0 Å². The van der Waals surface area contributed by atoms with E-state index in [-0.39, 0.29) is 67.4 Å². The number of halogens is 4. The average molecular weight is 887 g/mol. The van der Waals surface area contributed by atoms with Gasteiger partial charge in [-0.25, -0.2) is 0 Å². The molecule has 0 bridgehead atoms. The third-order valence-corrected chi connectivity index (χ3v) is 11.7. The summed E-state index contributed by atoms with van der Waals surface area (Å²) in [6.45, 7) is 6.99. The molecule has 15 heteroatoms. The second-order valence-electron chi connectivity index (χ2n) is 15.6. The number of hydrogen-bond acceptors (Lipinski definition) is 8. The van der Waals surface area contributed by atoms with E-state index in [0.29, 0.717) is 51.3 Å². The lowest BCUT2D eigenvalue weighted by Crippen LogP contribution is -2.29. The van der Waals surface area contributed by atoms with Crippen LogP contribution in [0.3, 0.4) is 0 Å². The Kier molecular flexibility index (Phi) is 22.4. The molecular formula is C43H60Cl4N4O7. The van der Waals surface area contributed by atoms with Gasteiger partial charge < -0.3 is 36.0 Å². The molecule has 6 rings (SSSR count). The van der Waals surface area contributed by atoms with Gasteiger partial charge in [-0.1, -0.05) is 60.7 Å². The Morgan fingerprint density at radius 2 is 0.931 bits per heavy atom. The molecular weight excluding hydrogens is 826 g/mol. The molecule has 322 valence electrons. The van der Waals surface area contributed by atoms with Crippen LogP contribution in [0.1, 0.15) is 47.1 Å². The molecule has 3 saturated heterocycles. The van der Waals surface area contributed by atoms with Crippen LogP contribution in [0, 0.1) is 35.5 Å². The standard InChI is InChI=1S/C43H56N4O7.4ClH/c48-41(49)38(34-10-13-44-24-34)21-29-4-1-7-32(18-29)27-47(28-33-8-2-5-30(19-33)22-39(42(50)51)35-11-14-45-25-35)16-17-54-37-9-3-6-31(20-37)23-40(43(52)53)36-12-15-46-26-36;;;;/h1-9,18-20,34-36,38-40,44-46H,10-17,21-28H2,(H,48,49)(H,50,51)(H,52,53);4*1H/t34-,35-,36-,38?,39?,40?;;;;/m0..../s1. The Hall–Kier alpha value is -3.13. The van der Waals surface area contributed by atoms with E-state index in [2.05, 4.69) is 45.1 Å². The van der Waals surface area contributed by atoms with Crippen molar-refractivity contribution in [2.75, 3.05) is 52.4 Å². The van der Waals surface area contributed by atoms with Crippen LogP contribution in [0.5, 0.6) is 5.75 Å². The highest BCUT2D eigenvalue weighted by molar-refractivity contribution is 5.86. The Bertz CT molecular complexity index is 1640. The zero-order valence-electron chi connectivity index (χ0n) is 32.8. The van der Waals surface area contributed by atoms with Crippen molar-refractivity contribution < 1.29 is 34.4 Å². The summed E-state index contributed by atoms with van der Waals surface area (Å²) in [5, 5.41) is 40.0. The summed E-state index contributed by atoms with van der Waals surface area (Å²) in [6.07, 6.45) is 4.03. The molecule has 3 heterocycles. The number of nitrogens with zero attached hydrogens (tertiary/aromatic N) is 1. The molecule has 6 atom stereocenters. The van der Waals surface area contributed by atoms with Gasteiger partial charge in [-0.3, -0.25) is 19.3 Å². The molecule has 3 fully saturated rings. The van der Waals surface area contributed by atoms with Gasteiger partial charge in [-0.05, 0) is 135 Å². The largest absolute Gasteiger partial charge is 0.492 e. The summed E-state index contributed by atoms with van der Waals surface area (Å²) in [7, 11) is 0. The molecule has 6 N–H and O–H groups in total. The summed E-state index contributed by atoms with van der Waals surface area (Å²) >= 11 is 0. The molecule has 0 spiro atoms. The van der Waals surface area contributed by atoms with Crippen molar-refractivity contribution in [3.05, 3.63) is 101 Å². The molecule has 11 nitrogen and oxygen atoms in total. The van der Waals surface area contributed by atoms with Gasteiger partial charge in [0.25, 0.3) is 0 Å². The van der Waals surface area contributed by atoms with Crippen LogP contribution >= 0.6 is 49.6 Å². The summed E-state index contributed by atoms with van der Waals surface area (Å²) in [5.41, 5.74) is 5.13. The van der Waals surface area contributed by atoms with Crippen molar-refractivity contribution in [2.45, 2.75) is 51.6 Å². The maximum Gasteiger partial charge on any atom is 0.307 e. The lowest BCUT2D eigenvalue weighted by atomic mass is 9.86. The highest BCUT2D eigenvalue weighted by atomic mass is 35.5. The molecule has 3 aromatic carbocycles. The zero-order valence-corrected chi connectivity index (χ0v) is 36.0. The lowest BCUT2D eigenvalue weighted by Gasteiger charge is -2.24. The third kappa shape index (κ3) is 14.9. The van der Waals surface area contributed by atoms with Crippen LogP contribution in [-0.2, 0) is 46.7 Å². The van der Waals surface area contributed by atoms with Gasteiger partial charge in [-0.2, -0.15) is 0 Å². The number of carbonyl (C=O) groups is 3. The van der Waals surface area contributed by atoms with Crippen molar-refractivity contribution in [1.82, 2.24) is 20.9 Å². The molecule has 0 aliphatic carbocycles. The molecule has 3 aliphatic rings. The Labute approximate surface area is 367 Å². The minimum absolute atomic E-state index is 0. The zero-order chi connectivity index (χ0) is 37.9. The third-order valence-electron chi connectivity index (χ3n) is 11.7. The van der Waals surface area contributed by atoms with Crippen molar-refractivity contribution in [1.29, 1.82) is 0 Å². The fourth-order valence-corrected chi connectivity index (χ4v) is 8.69. The monoisotopic (exact) mass is 884 g/mol. The predicted molar refractivity (Wildman–Crippen MR) is 235 cm³/mol. The van der Waals surface area contributed by atoms with E-state index < -0.39 is 35.7 Å². The van der Waals surface area contributed by atoms with E-state index in [9.17, 15) is 29.7 Å². The molecule has 3 aliphatic heterocycles. The number of aliphatic carboxylic acids is 3. The topological polar surface area (TPSA) is 160 Å². The average Bonchev–Trinajstić information content (AvgIpc) is 3.97. The second kappa shape index (κ2) is 25.5. The highest BCUT2D eigenvalue weighted by Gasteiger charge is 2.33. The number of carboxylic acids is 3. The number of rotatable bonds is 20. The summed E-state index contributed by atoms with van der Waals surface area (Å²) in [4.78, 5) is 38.9. The first-order valence-corrected chi connectivity index (χ1v) is 19.6. The van der Waals surface area contributed by atoms with Crippen molar-refractivity contribution in [3.8, 4) is 5.75 Å². The quantitative estimate of drug-likeness (QED) is 0.0789. The summed E-state index contributed by atoms with van der Waals surface area (Å²) < 4.78 is 6.30. The van der Waals surface area contributed by atoms with Crippen LogP contribution in [0.4, 0.5) is 0 Å². The van der Waals surface area contributed by atoms with Crippen LogP contribution in [0.2, 0.25) is 0 Å². The fourth-order valence-electron chi connectivity index (χ4n) is 8.69. The highest BCUT2D eigenvalue weighted by Crippen LogP contribution is 2.28. The van der Waals surface area contributed by atoms with Gasteiger partial charge in [-0.15, -0.1) is 49.6 Å². The van der Waals surface area contributed by atoms with E-state index in [4.69, 9.17) is 4.74 Å². The van der Waals surface area contributed by atoms with Crippen LogP contribution in [0.25, 0.3) is 0 Å². The van der Waals surface area contributed by atoms with E-state index in [1.807, 2.05) is 48.5 Å². The number of carboxylic acid groups (broad SMARTS) is 3. The minimum atomic E-state index is -0.762. The molecule has 0 amide bonds. The Morgan fingerprint density at radius 1 is 0.569 bits per heavy atom. The van der Waals surface area contributed by atoms with Gasteiger partial charge in [0, 0.05) is 19.6 Å². The molecule has 3 aromatic rings. The SMILES string of the molecule is Cl.Cl.Cl.Cl.O=C(O)C(Cc1cccc(CN(CCOc2cccc(CC(C(=O)O)[C@H]3CCNC3)c2)Cc2cccc(CC(C(=O)O)[C@H]3CCNC3)c2)c1)[C@H]1CCNC1. The maximum atomic E-state index is 12.2. The maximum absolute atomic E-state index is 12.2. The van der Waals surface area contributed by atoms with Crippen molar-refractivity contribution >= 4 is 67.5 Å².